The second-order valence-electron chi connectivity index (χ2n) is 2.59. The molecular formula is C9H13NO. The monoisotopic (exact) mass is 151 g/mol. The number of hydrogen-bond acceptors (Lipinski definition) is 1. The minimum Gasteiger partial charge on any atom is -0.295 e. The van der Waals surface area contributed by atoms with Crippen molar-refractivity contribution in [3.8, 4) is 0 Å². The highest BCUT2D eigenvalue weighted by molar-refractivity contribution is 5.78. The Morgan fingerprint density at radius 3 is 2.55 bits per heavy atom. The summed E-state index contributed by atoms with van der Waals surface area (Å²) in [5.41, 5.74) is 0. The van der Waals surface area contributed by atoms with Gasteiger partial charge >= 0.3 is 0 Å². The van der Waals surface area contributed by atoms with E-state index in [2.05, 4.69) is 6.92 Å². The Bertz CT molecular complexity index is 213. The largest absolute Gasteiger partial charge is 0.295 e. The molecule has 0 aliphatic carbocycles. The molecule has 0 spiro atoms. The molecular weight excluding hydrogens is 138 g/mol. The lowest BCUT2D eigenvalue weighted by Crippen LogP contribution is -2.06. The zero-order chi connectivity index (χ0) is 8.10. The van der Waals surface area contributed by atoms with E-state index >= 15 is 0 Å². The second kappa shape index (κ2) is 3.96. The molecule has 0 aliphatic rings. The molecule has 2 heteroatoms. The third-order valence-corrected chi connectivity index (χ3v) is 1.64. The smallest absolute Gasteiger partial charge is 0.230 e. The van der Waals surface area contributed by atoms with Gasteiger partial charge in [0, 0.05) is 18.8 Å². The van der Waals surface area contributed by atoms with Crippen molar-refractivity contribution in [2.45, 2.75) is 26.2 Å². The highest BCUT2D eigenvalue weighted by atomic mass is 16.1. The topological polar surface area (TPSA) is 22.0 Å². The summed E-state index contributed by atoms with van der Waals surface area (Å²) < 4.78 is 1.63. The molecule has 0 amide bonds. The molecule has 1 aromatic heterocycles. The standard InChI is InChI=1S/C9H13NO/c1-2-3-6-9(11)10-7-4-5-8-10/h4-5,7-8H,2-3,6H2,1H3. The van der Waals surface area contributed by atoms with E-state index < -0.39 is 0 Å². The van der Waals surface area contributed by atoms with Gasteiger partial charge in [0.2, 0.25) is 5.91 Å². The maximum absolute atomic E-state index is 11.2. The van der Waals surface area contributed by atoms with Crippen molar-refractivity contribution in [2.75, 3.05) is 0 Å². The third-order valence-electron chi connectivity index (χ3n) is 1.64. The van der Waals surface area contributed by atoms with Gasteiger partial charge in [-0.1, -0.05) is 13.3 Å². The summed E-state index contributed by atoms with van der Waals surface area (Å²) >= 11 is 0. The number of nitrogens with zero attached hydrogens (tertiary/aromatic N) is 1. The molecule has 0 fully saturated rings. The van der Waals surface area contributed by atoms with E-state index in [0.29, 0.717) is 6.42 Å². The fourth-order valence-corrected chi connectivity index (χ4v) is 0.958. The van der Waals surface area contributed by atoms with Gasteiger partial charge in [-0.2, -0.15) is 0 Å². The van der Waals surface area contributed by atoms with Crippen molar-refractivity contribution in [3.63, 3.8) is 0 Å². The Morgan fingerprint density at radius 2 is 2.00 bits per heavy atom. The molecule has 0 aliphatic heterocycles. The summed E-state index contributed by atoms with van der Waals surface area (Å²) in [7, 11) is 0. The molecule has 0 unspecified atom stereocenters. The van der Waals surface area contributed by atoms with Crippen LogP contribution >= 0.6 is 0 Å². The zero-order valence-electron chi connectivity index (χ0n) is 6.79. The number of carbonyl (C=O) groups excluding carboxylic acids is 1. The maximum Gasteiger partial charge on any atom is 0.230 e. The number of unbranched alkanes of at least 4 members (excludes halogenated alkanes) is 1. The first-order valence-corrected chi connectivity index (χ1v) is 4.00. The van der Waals surface area contributed by atoms with Crippen LogP contribution in [0.2, 0.25) is 0 Å². The Morgan fingerprint density at radius 1 is 1.36 bits per heavy atom. The van der Waals surface area contributed by atoms with Gasteiger partial charge in [0.05, 0.1) is 0 Å². The van der Waals surface area contributed by atoms with Crippen molar-refractivity contribution in [1.82, 2.24) is 4.57 Å². The molecule has 0 N–H and O–H groups in total. The zero-order valence-corrected chi connectivity index (χ0v) is 6.79. The normalized spacial score (nSPS) is 9.91. The van der Waals surface area contributed by atoms with E-state index in [1.54, 1.807) is 17.0 Å². The summed E-state index contributed by atoms with van der Waals surface area (Å²) in [4.78, 5) is 11.2. The van der Waals surface area contributed by atoms with Gasteiger partial charge in [-0.05, 0) is 18.6 Å². The van der Waals surface area contributed by atoms with Gasteiger partial charge in [0.1, 0.15) is 0 Å². The number of rotatable bonds is 3. The third kappa shape index (κ3) is 2.22. The van der Waals surface area contributed by atoms with Crippen molar-refractivity contribution in [2.24, 2.45) is 0 Å². The van der Waals surface area contributed by atoms with Crippen LogP contribution in [0.5, 0.6) is 0 Å². The average Bonchev–Trinajstić information content (AvgIpc) is 2.52. The lowest BCUT2D eigenvalue weighted by molar-refractivity contribution is 0.0900. The van der Waals surface area contributed by atoms with E-state index in [1.807, 2.05) is 12.1 Å². The fraction of sp³-hybridized carbons (Fsp3) is 0.444. The minimum atomic E-state index is 0.192. The highest BCUT2D eigenvalue weighted by Gasteiger charge is 2.00. The van der Waals surface area contributed by atoms with E-state index in [9.17, 15) is 4.79 Å². The molecule has 0 saturated heterocycles. The Hall–Kier alpha value is -1.05. The first-order valence-electron chi connectivity index (χ1n) is 4.00. The van der Waals surface area contributed by atoms with Crippen LogP contribution in [0.1, 0.15) is 31.0 Å². The second-order valence-corrected chi connectivity index (χ2v) is 2.59. The Labute approximate surface area is 66.8 Å². The van der Waals surface area contributed by atoms with Gasteiger partial charge in [0.15, 0.2) is 0 Å². The van der Waals surface area contributed by atoms with Crippen molar-refractivity contribution < 1.29 is 4.79 Å². The highest BCUT2D eigenvalue weighted by Crippen LogP contribution is 1.99. The molecule has 0 aromatic carbocycles. The molecule has 0 saturated carbocycles. The van der Waals surface area contributed by atoms with Crippen LogP contribution in [-0.4, -0.2) is 10.5 Å². The van der Waals surface area contributed by atoms with Crippen molar-refractivity contribution in [1.29, 1.82) is 0 Å². The lowest BCUT2D eigenvalue weighted by atomic mass is 10.2. The van der Waals surface area contributed by atoms with Crippen LogP contribution in [0.15, 0.2) is 24.5 Å². The number of carbonyl (C=O) groups is 1. The molecule has 60 valence electrons. The first kappa shape index (κ1) is 8.05. The number of aromatic nitrogens is 1. The van der Waals surface area contributed by atoms with Crippen LogP contribution in [0.25, 0.3) is 0 Å². The predicted octanol–water partition coefficient (Wildman–Crippen LogP) is 2.32. The van der Waals surface area contributed by atoms with E-state index in [0.717, 1.165) is 12.8 Å². The molecule has 1 heterocycles. The quantitative estimate of drug-likeness (QED) is 0.649. The van der Waals surface area contributed by atoms with Crippen LogP contribution in [0.3, 0.4) is 0 Å². The lowest BCUT2D eigenvalue weighted by Gasteiger charge is -1.98. The van der Waals surface area contributed by atoms with Gasteiger partial charge in [-0.3, -0.25) is 9.36 Å². The fourth-order valence-electron chi connectivity index (χ4n) is 0.958. The molecule has 0 atom stereocenters. The van der Waals surface area contributed by atoms with Crippen molar-refractivity contribution >= 4 is 5.91 Å². The van der Waals surface area contributed by atoms with Crippen LogP contribution in [0.4, 0.5) is 0 Å². The van der Waals surface area contributed by atoms with Gasteiger partial charge in [-0.15, -0.1) is 0 Å². The Balaban J connectivity index is 2.43. The molecule has 1 rings (SSSR count). The summed E-state index contributed by atoms with van der Waals surface area (Å²) in [6.45, 7) is 2.09. The summed E-state index contributed by atoms with van der Waals surface area (Å²) in [6.07, 6.45) is 6.30. The van der Waals surface area contributed by atoms with Crippen LogP contribution in [0, 0.1) is 0 Å². The molecule has 2 nitrogen and oxygen atoms in total. The van der Waals surface area contributed by atoms with Crippen LogP contribution < -0.4 is 0 Å². The average molecular weight is 151 g/mol. The van der Waals surface area contributed by atoms with Gasteiger partial charge in [0.25, 0.3) is 0 Å². The molecule has 0 radical (unpaired) electrons. The summed E-state index contributed by atoms with van der Waals surface area (Å²) in [6, 6.07) is 3.73. The summed E-state index contributed by atoms with van der Waals surface area (Å²) in [5.74, 6) is 0.192. The van der Waals surface area contributed by atoms with E-state index in [4.69, 9.17) is 0 Å². The predicted molar refractivity (Wildman–Crippen MR) is 44.6 cm³/mol. The van der Waals surface area contributed by atoms with Gasteiger partial charge in [-0.25, -0.2) is 0 Å². The molecule has 11 heavy (non-hydrogen) atoms. The Kier molecular flexibility index (Phi) is 2.90. The maximum atomic E-state index is 11.2. The minimum absolute atomic E-state index is 0.192. The van der Waals surface area contributed by atoms with E-state index in [-0.39, 0.29) is 5.91 Å². The summed E-state index contributed by atoms with van der Waals surface area (Å²) in [5, 5.41) is 0. The van der Waals surface area contributed by atoms with Gasteiger partial charge < -0.3 is 0 Å². The number of hydrogen-bond donors (Lipinski definition) is 0. The SMILES string of the molecule is CCCCC(=O)n1cccc1. The van der Waals surface area contributed by atoms with Crippen molar-refractivity contribution in [3.05, 3.63) is 24.5 Å². The van der Waals surface area contributed by atoms with Crippen LogP contribution in [-0.2, 0) is 0 Å². The molecule has 1 aromatic rings. The molecule has 0 bridgehead atoms. The van der Waals surface area contributed by atoms with E-state index in [1.165, 1.54) is 0 Å². The first-order chi connectivity index (χ1) is 5.34.